The Kier molecular flexibility index (Phi) is 9.38. The van der Waals surface area contributed by atoms with Gasteiger partial charge in [-0.2, -0.15) is 26.3 Å². The maximum absolute atomic E-state index is 13.8. The average molecular weight is 579 g/mol. The van der Waals surface area contributed by atoms with Crippen molar-refractivity contribution in [3.05, 3.63) is 70.0 Å². The van der Waals surface area contributed by atoms with Crippen LogP contribution in [0, 0.1) is 18.7 Å². The second-order valence-electron chi connectivity index (χ2n) is 9.88. The topological polar surface area (TPSA) is 78.0 Å². The molecular formula is C27H31F7N3O3+. The van der Waals surface area contributed by atoms with Crippen LogP contribution in [0.4, 0.5) is 35.5 Å². The second-order valence-corrected chi connectivity index (χ2v) is 9.88. The van der Waals surface area contributed by atoms with Crippen molar-refractivity contribution in [1.82, 2.24) is 9.80 Å². The van der Waals surface area contributed by atoms with Crippen molar-refractivity contribution in [3.63, 3.8) is 0 Å². The van der Waals surface area contributed by atoms with E-state index in [-0.39, 0.29) is 50.1 Å². The summed E-state index contributed by atoms with van der Waals surface area (Å²) in [7, 11) is 1.29. The quantitative estimate of drug-likeness (QED) is 0.263. The van der Waals surface area contributed by atoms with Crippen LogP contribution >= 0.6 is 0 Å². The molecule has 0 unspecified atom stereocenters. The van der Waals surface area contributed by atoms with Gasteiger partial charge in [-0.15, -0.1) is 0 Å². The maximum Gasteiger partial charge on any atom is 0.416 e. The minimum Gasteiger partial charge on any atom is -0.463 e. The van der Waals surface area contributed by atoms with E-state index < -0.39 is 53.3 Å². The van der Waals surface area contributed by atoms with Crippen LogP contribution in [0.2, 0.25) is 0 Å². The predicted molar refractivity (Wildman–Crippen MR) is 132 cm³/mol. The number of aliphatic hydroxyl groups excluding tert-OH is 2. The number of nitrogens with one attached hydrogen (secondary N) is 1. The van der Waals surface area contributed by atoms with E-state index in [2.05, 4.69) is 4.99 Å². The van der Waals surface area contributed by atoms with Gasteiger partial charge in [-0.25, -0.2) is 14.2 Å². The zero-order valence-electron chi connectivity index (χ0n) is 22.1. The number of hydrogen-bond donors (Lipinski definition) is 3. The van der Waals surface area contributed by atoms with Crippen molar-refractivity contribution in [1.29, 1.82) is 0 Å². The lowest BCUT2D eigenvalue weighted by molar-refractivity contribution is -0.473. The number of aryl methyl sites for hydroxylation is 1. The van der Waals surface area contributed by atoms with Gasteiger partial charge in [0, 0.05) is 13.6 Å². The van der Waals surface area contributed by atoms with Crippen molar-refractivity contribution in [2.45, 2.75) is 51.1 Å². The maximum atomic E-state index is 13.8. The Morgan fingerprint density at radius 1 is 1.10 bits per heavy atom. The van der Waals surface area contributed by atoms with Crippen LogP contribution in [-0.2, 0) is 12.4 Å². The largest absolute Gasteiger partial charge is 0.463 e. The third-order valence-corrected chi connectivity index (χ3v) is 7.22. The Bertz CT molecular complexity index is 1210. The average Bonchev–Trinajstić information content (AvgIpc) is 2.89. The summed E-state index contributed by atoms with van der Waals surface area (Å²) >= 11 is 0. The third kappa shape index (κ3) is 7.04. The SMILES string of the molecule is Cc1cc(F)ccc1[C@H]1C[C@@H](C(O)=[NH+]CCO)CCN1C(=O)N(C)[C@@H](C)c1cc(C(F)(F)F)cc(C(F)(F)F)c1. The summed E-state index contributed by atoms with van der Waals surface area (Å²) in [5, 5.41) is 19.5. The minimum absolute atomic E-state index is 0.0317. The van der Waals surface area contributed by atoms with Crippen LogP contribution in [0.25, 0.3) is 0 Å². The first-order chi connectivity index (χ1) is 18.5. The number of alkyl halides is 6. The van der Waals surface area contributed by atoms with E-state index in [9.17, 15) is 40.6 Å². The molecule has 0 radical (unpaired) electrons. The molecule has 0 aliphatic carbocycles. The Morgan fingerprint density at radius 3 is 2.23 bits per heavy atom. The molecule has 0 saturated carbocycles. The Balaban J connectivity index is 1.98. The molecule has 3 atom stereocenters. The minimum atomic E-state index is -5.03. The zero-order valence-corrected chi connectivity index (χ0v) is 22.1. The number of aliphatic hydroxyl groups is 2. The van der Waals surface area contributed by atoms with Crippen molar-refractivity contribution in [2.75, 3.05) is 26.7 Å². The number of carbonyl (C=O) groups excluding carboxylic acids is 1. The number of nitrogens with zero attached hydrogens (tertiary/aromatic N) is 2. The molecule has 2 aromatic carbocycles. The number of halogens is 7. The highest BCUT2D eigenvalue weighted by atomic mass is 19.4. The van der Waals surface area contributed by atoms with Crippen LogP contribution in [0.15, 0.2) is 36.4 Å². The van der Waals surface area contributed by atoms with Gasteiger partial charge < -0.3 is 20.0 Å². The normalized spacial score (nSPS) is 19.5. The Hall–Kier alpha value is -3.35. The smallest absolute Gasteiger partial charge is 0.416 e. The zero-order chi connectivity index (χ0) is 30.0. The van der Waals surface area contributed by atoms with Crippen LogP contribution < -0.4 is 4.99 Å². The van der Waals surface area contributed by atoms with E-state index in [1.54, 1.807) is 6.92 Å². The third-order valence-electron chi connectivity index (χ3n) is 7.22. The Labute approximate surface area is 226 Å². The number of rotatable bonds is 6. The second kappa shape index (κ2) is 12.0. The monoisotopic (exact) mass is 578 g/mol. The van der Waals surface area contributed by atoms with E-state index >= 15 is 0 Å². The highest BCUT2D eigenvalue weighted by Crippen LogP contribution is 2.40. The van der Waals surface area contributed by atoms with Crippen molar-refractivity contribution < 1.29 is 50.7 Å². The molecule has 3 rings (SSSR count). The number of benzene rings is 2. The molecule has 13 heteroatoms. The molecule has 3 N–H and O–H groups in total. The number of piperidine rings is 1. The van der Waals surface area contributed by atoms with Gasteiger partial charge in [0.15, 0.2) is 6.54 Å². The first-order valence-electron chi connectivity index (χ1n) is 12.5. The Morgan fingerprint density at radius 2 is 1.70 bits per heavy atom. The molecule has 6 nitrogen and oxygen atoms in total. The number of urea groups is 1. The van der Waals surface area contributed by atoms with Gasteiger partial charge in [0.05, 0.1) is 29.1 Å². The van der Waals surface area contributed by atoms with E-state index in [0.29, 0.717) is 23.3 Å². The van der Waals surface area contributed by atoms with Gasteiger partial charge in [-0.1, -0.05) is 6.07 Å². The summed E-state index contributed by atoms with van der Waals surface area (Å²) in [5.74, 6) is -1.02. The van der Waals surface area contributed by atoms with Crippen LogP contribution in [0.5, 0.6) is 0 Å². The molecule has 0 bridgehead atoms. The van der Waals surface area contributed by atoms with Crippen LogP contribution in [0.3, 0.4) is 0 Å². The summed E-state index contributed by atoms with van der Waals surface area (Å²) < 4.78 is 94.3. The fourth-order valence-corrected chi connectivity index (χ4v) is 4.89. The van der Waals surface area contributed by atoms with Gasteiger partial charge in [0.2, 0.25) is 0 Å². The van der Waals surface area contributed by atoms with Gasteiger partial charge in [0.25, 0.3) is 0 Å². The number of carbonyl (C=O) groups is 1. The standard InChI is InChI=1S/C27H30F7N3O3/c1-15-10-21(28)4-5-22(15)23-13-17(24(39)35-7-9-38)6-8-37(23)25(40)36(3)16(2)18-11-19(26(29,30)31)14-20(12-18)27(32,33)34/h4-5,10-12,14,16-17,23,38H,6-9,13H2,1-3H3,(H,35,39)/p+1/t16-,17-,23+/m0/s1. The fourth-order valence-electron chi connectivity index (χ4n) is 4.89. The summed E-state index contributed by atoms with van der Waals surface area (Å²) in [6.07, 6.45) is -9.58. The van der Waals surface area contributed by atoms with E-state index in [4.69, 9.17) is 5.11 Å². The van der Waals surface area contributed by atoms with Gasteiger partial charge in [-0.3, -0.25) is 0 Å². The molecule has 2 aromatic rings. The first-order valence-corrected chi connectivity index (χ1v) is 12.5. The highest BCUT2D eigenvalue weighted by molar-refractivity contribution is 5.77. The van der Waals surface area contributed by atoms with Crippen LogP contribution in [0.1, 0.15) is 59.7 Å². The number of hydrogen-bond acceptors (Lipinski definition) is 2. The lowest BCUT2D eigenvalue weighted by atomic mass is 9.85. The lowest BCUT2D eigenvalue weighted by Crippen LogP contribution is -2.76. The summed E-state index contributed by atoms with van der Waals surface area (Å²) in [5.41, 5.74) is -2.20. The van der Waals surface area contributed by atoms with Crippen molar-refractivity contribution in [2.24, 2.45) is 5.92 Å². The molecule has 2 amide bonds. The molecule has 1 fully saturated rings. The molecule has 1 heterocycles. The summed E-state index contributed by atoms with van der Waals surface area (Å²) in [6, 6.07) is 2.70. The molecule has 1 aliphatic rings. The highest BCUT2D eigenvalue weighted by Gasteiger charge is 2.41. The molecule has 0 aromatic heterocycles. The van der Waals surface area contributed by atoms with Crippen LogP contribution in [-0.4, -0.2) is 58.7 Å². The summed E-state index contributed by atoms with van der Waals surface area (Å²) in [6.45, 7) is 2.94. The first kappa shape index (κ1) is 31.2. The van der Waals surface area contributed by atoms with Gasteiger partial charge in [-0.05, 0) is 73.7 Å². The molecule has 1 aliphatic heterocycles. The predicted octanol–water partition coefficient (Wildman–Crippen LogP) is 4.77. The number of likely N-dealkylation sites (tertiary alicyclic amines) is 1. The molecule has 0 spiro atoms. The molecular weight excluding hydrogens is 547 g/mol. The molecule has 1 saturated heterocycles. The van der Waals surface area contributed by atoms with E-state index in [1.807, 2.05) is 0 Å². The molecule has 40 heavy (non-hydrogen) atoms. The van der Waals surface area contributed by atoms with E-state index in [0.717, 1.165) is 4.90 Å². The molecule has 220 valence electrons. The lowest BCUT2D eigenvalue weighted by Gasteiger charge is -2.42. The summed E-state index contributed by atoms with van der Waals surface area (Å²) in [4.78, 5) is 18.9. The van der Waals surface area contributed by atoms with Crippen molar-refractivity contribution in [3.8, 4) is 0 Å². The van der Waals surface area contributed by atoms with E-state index in [1.165, 1.54) is 37.1 Å². The van der Waals surface area contributed by atoms with Crippen molar-refractivity contribution >= 4 is 11.9 Å². The number of amides is 2. The fraction of sp³-hybridized carbons (Fsp3) is 0.481. The van der Waals surface area contributed by atoms with Gasteiger partial charge in [0.1, 0.15) is 12.4 Å². The van der Waals surface area contributed by atoms with Gasteiger partial charge >= 0.3 is 24.3 Å².